The number of carbonyl (C=O) groups excluding carboxylic acids is 2. The fraction of sp³-hybridized carbons (Fsp3) is 0.429. The summed E-state index contributed by atoms with van der Waals surface area (Å²) < 4.78 is 10.4. The predicted octanol–water partition coefficient (Wildman–Crippen LogP) is 2.11. The monoisotopic (exact) mass is 248 g/mol. The van der Waals surface area contributed by atoms with Gasteiger partial charge in [-0.15, -0.1) is 0 Å². The molecule has 1 aromatic rings. The van der Waals surface area contributed by atoms with Crippen LogP contribution in [0.15, 0.2) is 18.2 Å². The number of rotatable bonds is 3. The SMILES string of the molecule is COc1ccc([C@H]2CCC(=O)CC2=O)cc1OC. The zero-order chi connectivity index (χ0) is 13.1. The smallest absolute Gasteiger partial charge is 0.161 e. The van der Waals surface area contributed by atoms with Gasteiger partial charge in [-0.2, -0.15) is 0 Å². The predicted molar refractivity (Wildman–Crippen MR) is 66.2 cm³/mol. The molecular weight excluding hydrogens is 232 g/mol. The van der Waals surface area contributed by atoms with E-state index in [0.717, 1.165) is 5.56 Å². The molecule has 1 atom stereocenters. The fourth-order valence-electron chi connectivity index (χ4n) is 2.29. The molecule has 0 heterocycles. The molecule has 4 heteroatoms. The lowest BCUT2D eigenvalue weighted by Crippen LogP contribution is -2.23. The van der Waals surface area contributed by atoms with Crippen molar-refractivity contribution >= 4 is 11.6 Å². The summed E-state index contributed by atoms with van der Waals surface area (Å²) >= 11 is 0. The Labute approximate surface area is 106 Å². The Balaban J connectivity index is 2.28. The second-order valence-corrected chi connectivity index (χ2v) is 4.39. The molecule has 1 aromatic carbocycles. The van der Waals surface area contributed by atoms with Crippen molar-refractivity contribution < 1.29 is 19.1 Å². The van der Waals surface area contributed by atoms with Crippen molar-refractivity contribution in [3.05, 3.63) is 23.8 Å². The Morgan fingerprint density at radius 3 is 2.44 bits per heavy atom. The van der Waals surface area contributed by atoms with E-state index in [4.69, 9.17) is 9.47 Å². The lowest BCUT2D eigenvalue weighted by Gasteiger charge is -2.21. The summed E-state index contributed by atoms with van der Waals surface area (Å²) in [5.74, 6) is 1.10. The first kappa shape index (κ1) is 12.6. The fourth-order valence-corrected chi connectivity index (χ4v) is 2.29. The van der Waals surface area contributed by atoms with Gasteiger partial charge in [-0.3, -0.25) is 9.59 Å². The summed E-state index contributed by atoms with van der Waals surface area (Å²) in [5.41, 5.74) is 0.894. The van der Waals surface area contributed by atoms with Gasteiger partial charge in [0.05, 0.1) is 20.6 Å². The van der Waals surface area contributed by atoms with Crippen LogP contribution in [0.25, 0.3) is 0 Å². The quantitative estimate of drug-likeness (QED) is 0.769. The number of Topliss-reactive ketones (excluding diaryl/α,β-unsaturated/α-hetero) is 2. The van der Waals surface area contributed by atoms with Gasteiger partial charge in [0.15, 0.2) is 11.5 Å². The van der Waals surface area contributed by atoms with Crippen LogP contribution >= 0.6 is 0 Å². The molecule has 18 heavy (non-hydrogen) atoms. The Bertz CT molecular complexity index is 479. The number of ether oxygens (including phenoxy) is 2. The minimum atomic E-state index is -0.192. The van der Waals surface area contributed by atoms with Gasteiger partial charge in [0.1, 0.15) is 11.6 Å². The van der Waals surface area contributed by atoms with Gasteiger partial charge < -0.3 is 9.47 Å². The number of carbonyl (C=O) groups is 2. The molecule has 0 unspecified atom stereocenters. The standard InChI is InChI=1S/C14H16O4/c1-17-13-6-3-9(7-14(13)18-2)11-5-4-10(15)8-12(11)16/h3,6-7,11H,4-5,8H2,1-2H3/t11-/m1/s1. The summed E-state index contributed by atoms with van der Waals surface area (Å²) in [6.45, 7) is 0. The maximum atomic E-state index is 11.9. The lowest BCUT2D eigenvalue weighted by molar-refractivity contribution is -0.130. The third-order valence-electron chi connectivity index (χ3n) is 3.28. The van der Waals surface area contributed by atoms with Crippen LogP contribution in [-0.2, 0) is 9.59 Å². The first-order valence-corrected chi connectivity index (χ1v) is 5.92. The first-order valence-electron chi connectivity index (χ1n) is 5.92. The summed E-state index contributed by atoms with van der Waals surface area (Å²) in [7, 11) is 3.13. The largest absolute Gasteiger partial charge is 0.493 e. The van der Waals surface area contributed by atoms with Crippen molar-refractivity contribution in [2.75, 3.05) is 14.2 Å². The third-order valence-corrected chi connectivity index (χ3v) is 3.28. The Hall–Kier alpha value is -1.84. The van der Waals surface area contributed by atoms with E-state index >= 15 is 0 Å². The van der Waals surface area contributed by atoms with E-state index in [9.17, 15) is 9.59 Å². The number of hydrogen-bond donors (Lipinski definition) is 0. The van der Waals surface area contributed by atoms with Crippen molar-refractivity contribution in [1.82, 2.24) is 0 Å². The maximum Gasteiger partial charge on any atom is 0.161 e. The summed E-state index contributed by atoms with van der Waals surface area (Å²) in [6.07, 6.45) is 1.12. The molecule has 0 aromatic heterocycles. The van der Waals surface area contributed by atoms with Crippen LogP contribution in [0.1, 0.15) is 30.7 Å². The Kier molecular flexibility index (Phi) is 3.65. The van der Waals surface area contributed by atoms with Crippen LogP contribution in [0.2, 0.25) is 0 Å². The Morgan fingerprint density at radius 2 is 1.83 bits per heavy atom. The molecule has 0 saturated heterocycles. The topological polar surface area (TPSA) is 52.6 Å². The molecule has 0 bridgehead atoms. The summed E-state index contributed by atoms with van der Waals surface area (Å²) in [5, 5.41) is 0. The molecule has 96 valence electrons. The highest BCUT2D eigenvalue weighted by molar-refractivity contribution is 6.04. The van der Waals surface area contributed by atoms with E-state index < -0.39 is 0 Å². The van der Waals surface area contributed by atoms with Crippen LogP contribution in [0.3, 0.4) is 0 Å². The van der Waals surface area contributed by atoms with Crippen molar-refractivity contribution in [2.45, 2.75) is 25.2 Å². The number of ketones is 2. The normalized spacial score (nSPS) is 19.8. The highest BCUT2D eigenvalue weighted by atomic mass is 16.5. The number of hydrogen-bond acceptors (Lipinski definition) is 4. The van der Waals surface area contributed by atoms with Gasteiger partial charge in [0.2, 0.25) is 0 Å². The Morgan fingerprint density at radius 1 is 1.11 bits per heavy atom. The maximum absolute atomic E-state index is 11.9. The van der Waals surface area contributed by atoms with E-state index in [2.05, 4.69) is 0 Å². The minimum Gasteiger partial charge on any atom is -0.493 e. The number of methoxy groups -OCH3 is 2. The van der Waals surface area contributed by atoms with E-state index in [1.54, 1.807) is 20.3 Å². The van der Waals surface area contributed by atoms with E-state index in [-0.39, 0.29) is 23.9 Å². The summed E-state index contributed by atoms with van der Waals surface area (Å²) in [4.78, 5) is 23.1. The van der Waals surface area contributed by atoms with Crippen molar-refractivity contribution in [3.8, 4) is 11.5 Å². The zero-order valence-electron chi connectivity index (χ0n) is 10.6. The third kappa shape index (κ3) is 2.37. The molecule has 0 N–H and O–H groups in total. The zero-order valence-corrected chi connectivity index (χ0v) is 10.6. The number of benzene rings is 1. The average Bonchev–Trinajstić information content (AvgIpc) is 2.38. The van der Waals surface area contributed by atoms with Crippen molar-refractivity contribution in [3.63, 3.8) is 0 Å². The molecule has 0 spiro atoms. The molecule has 0 amide bonds. The average molecular weight is 248 g/mol. The van der Waals surface area contributed by atoms with Crippen molar-refractivity contribution in [2.24, 2.45) is 0 Å². The van der Waals surface area contributed by atoms with E-state index in [1.807, 2.05) is 12.1 Å². The van der Waals surface area contributed by atoms with Gasteiger partial charge in [0, 0.05) is 12.3 Å². The van der Waals surface area contributed by atoms with Gasteiger partial charge >= 0.3 is 0 Å². The van der Waals surface area contributed by atoms with Crippen LogP contribution in [0.4, 0.5) is 0 Å². The van der Waals surface area contributed by atoms with Gasteiger partial charge in [-0.25, -0.2) is 0 Å². The van der Waals surface area contributed by atoms with E-state index in [0.29, 0.717) is 24.3 Å². The summed E-state index contributed by atoms with van der Waals surface area (Å²) in [6, 6.07) is 5.47. The van der Waals surface area contributed by atoms with Crippen LogP contribution in [0, 0.1) is 0 Å². The lowest BCUT2D eigenvalue weighted by atomic mass is 9.82. The van der Waals surface area contributed by atoms with Crippen LogP contribution < -0.4 is 9.47 Å². The molecule has 4 nitrogen and oxygen atoms in total. The second-order valence-electron chi connectivity index (χ2n) is 4.39. The van der Waals surface area contributed by atoms with Gasteiger partial charge in [0.25, 0.3) is 0 Å². The molecule has 1 aliphatic rings. The second kappa shape index (κ2) is 5.21. The molecular formula is C14H16O4. The molecule has 1 aliphatic carbocycles. The minimum absolute atomic E-state index is 0.00142. The molecule has 2 rings (SSSR count). The molecule has 0 aliphatic heterocycles. The van der Waals surface area contributed by atoms with Gasteiger partial charge in [-0.1, -0.05) is 6.07 Å². The van der Waals surface area contributed by atoms with E-state index in [1.165, 1.54) is 0 Å². The van der Waals surface area contributed by atoms with Crippen molar-refractivity contribution in [1.29, 1.82) is 0 Å². The highest BCUT2D eigenvalue weighted by Gasteiger charge is 2.28. The van der Waals surface area contributed by atoms with Crippen LogP contribution in [0.5, 0.6) is 11.5 Å². The molecule has 1 saturated carbocycles. The molecule has 0 radical (unpaired) electrons. The highest BCUT2D eigenvalue weighted by Crippen LogP contribution is 2.34. The van der Waals surface area contributed by atoms with Crippen LogP contribution in [-0.4, -0.2) is 25.8 Å². The first-order chi connectivity index (χ1) is 8.65. The molecule has 1 fully saturated rings. The van der Waals surface area contributed by atoms with Gasteiger partial charge in [-0.05, 0) is 24.1 Å².